The number of ether oxygens (including phenoxy) is 2. The lowest BCUT2D eigenvalue weighted by molar-refractivity contribution is -0.0830. The van der Waals surface area contributed by atoms with Gasteiger partial charge in [0.15, 0.2) is 0 Å². The second-order valence-corrected chi connectivity index (χ2v) is 4.40. The van der Waals surface area contributed by atoms with Crippen molar-refractivity contribution in [2.24, 2.45) is 0 Å². The molecule has 2 unspecified atom stereocenters. The second kappa shape index (κ2) is 2.69. The van der Waals surface area contributed by atoms with Gasteiger partial charge in [0.1, 0.15) is 5.60 Å². The zero-order valence-electron chi connectivity index (χ0n) is 8.54. The predicted molar refractivity (Wildman–Crippen MR) is 48.5 cm³/mol. The first-order valence-corrected chi connectivity index (χ1v) is 4.99. The molecular weight excluding hydrogens is 168 g/mol. The van der Waals surface area contributed by atoms with Crippen LogP contribution in [0.5, 0.6) is 0 Å². The third-order valence-electron chi connectivity index (χ3n) is 3.83. The average Bonchev–Trinajstić information content (AvgIpc) is 2.78. The summed E-state index contributed by atoms with van der Waals surface area (Å²) < 4.78 is 10.9. The lowest BCUT2D eigenvalue weighted by Crippen LogP contribution is -2.51. The zero-order valence-corrected chi connectivity index (χ0v) is 8.54. The molecule has 2 aliphatic rings. The Kier molecular flexibility index (Phi) is 1.95. The Morgan fingerprint density at radius 3 is 2.85 bits per heavy atom. The summed E-state index contributed by atoms with van der Waals surface area (Å²) in [4.78, 5) is 0. The van der Waals surface area contributed by atoms with Crippen molar-refractivity contribution in [3.8, 4) is 0 Å². The largest absolute Gasteiger partial charge is 0.387 e. The Bertz CT molecular complexity index is 218. The number of fused-ring (bicyclic) bond motifs is 1. The number of rotatable bonds is 2. The fourth-order valence-corrected chi connectivity index (χ4v) is 2.52. The lowest BCUT2D eigenvalue weighted by atomic mass is 9.73. The van der Waals surface area contributed by atoms with Crippen molar-refractivity contribution in [1.29, 1.82) is 0 Å². The normalized spacial score (nSPS) is 54.5. The highest BCUT2D eigenvalue weighted by molar-refractivity contribution is 5.17. The van der Waals surface area contributed by atoms with Gasteiger partial charge in [-0.2, -0.15) is 0 Å². The summed E-state index contributed by atoms with van der Waals surface area (Å²) in [5.74, 6) is 0. The van der Waals surface area contributed by atoms with Crippen molar-refractivity contribution < 1.29 is 14.6 Å². The summed E-state index contributed by atoms with van der Waals surface area (Å²) in [6.07, 6.45) is 2.73. The third kappa shape index (κ3) is 1.14. The highest BCUT2D eigenvalue weighted by Crippen LogP contribution is 2.54. The predicted octanol–water partition coefficient (Wildman–Crippen LogP) is 1.09. The van der Waals surface area contributed by atoms with Crippen molar-refractivity contribution in [3.63, 3.8) is 0 Å². The van der Waals surface area contributed by atoms with E-state index in [1.807, 2.05) is 13.8 Å². The van der Waals surface area contributed by atoms with E-state index in [0.29, 0.717) is 6.42 Å². The maximum Gasteiger partial charge on any atom is 0.121 e. The van der Waals surface area contributed by atoms with Crippen LogP contribution in [0.1, 0.15) is 33.1 Å². The molecule has 1 saturated heterocycles. The monoisotopic (exact) mass is 186 g/mol. The van der Waals surface area contributed by atoms with Crippen LogP contribution in [0, 0.1) is 0 Å². The molecule has 3 heteroatoms. The molecule has 0 aromatic heterocycles. The zero-order chi connectivity index (χ0) is 9.69. The van der Waals surface area contributed by atoms with Gasteiger partial charge in [-0.1, -0.05) is 6.92 Å². The van der Waals surface area contributed by atoms with Gasteiger partial charge in [-0.25, -0.2) is 0 Å². The van der Waals surface area contributed by atoms with Gasteiger partial charge in [0, 0.05) is 20.0 Å². The average molecular weight is 186 g/mol. The topological polar surface area (TPSA) is 42.0 Å². The molecule has 0 spiro atoms. The second-order valence-electron chi connectivity index (χ2n) is 4.40. The van der Waals surface area contributed by atoms with Crippen LogP contribution in [0.4, 0.5) is 0 Å². The summed E-state index contributed by atoms with van der Waals surface area (Å²) in [6, 6.07) is 0. The van der Waals surface area contributed by atoms with Crippen LogP contribution in [-0.4, -0.2) is 35.6 Å². The van der Waals surface area contributed by atoms with Gasteiger partial charge in [-0.05, 0) is 13.3 Å². The Morgan fingerprint density at radius 1 is 1.62 bits per heavy atom. The number of epoxide rings is 1. The summed E-state index contributed by atoms with van der Waals surface area (Å²) in [5, 5.41) is 10.3. The Labute approximate surface area is 79.0 Å². The van der Waals surface area contributed by atoms with Gasteiger partial charge in [-0.3, -0.25) is 0 Å². The first-order chi connectivity index (χ1) is 6.05. The van der Waals surface area contributed by atoms with Crippen LogP contribution in [0.3, 0.4) is 0 Å². The quantitative estimate of drug-likeness (QED) is 0.656. The molecule has 0 amide bonds. The first-order valence-electron chi connectivity index (χ1n) is 4.99. The standard InChI is InChI=1S/C10H18O3/c1-4-10(11)6-7(12-3)5-8-9(10,2)13-8/h7-8,11H,4-6H2,1-3H3/t7?,8?,9-,10+/m1/s1. The lowest BCUT2D eigenvalue weighted by Gasteiger charge is -2.37. The molecule has 3 nitrogen and oxygen atoms in total. The van der Waals surface area contributed by atoms with Gasteiger partial charge >= 0.3 is 0 Å². The summed E-state index contributed by atoms with van der Waals surface area (Å²) in [5.41, 5.74) is -0.979. The molecule has 1 saturated carbocycles. The molecule has 1 aliphatic carbocycles. The molecule has 13 heavy (non-hydrogen) atoms. The molecule has 2 fully saturated rings. The van der Waals surface area contributed by atoms with E-state index in [-0.39, 0.29) is 17.8 Å². The van der Waals surface area contributed by atoms with Crippen LogP contribution in [0.25, 0.3) is 0 Å². The van der Waals surface area contributed by atoms with Crippen LogP contribution in [0.2, 0.25) is 0 Å². The van der Waals surface area contributed by atoms with Crippen LogP contribution < -0.4 is 0 Å². The molecule has 1 aliphatic heterocycles. The highest BCUT2D eigenvalue weighted by atomic mass is 16.6. The van der Waals surface area contributed by atoms with E-state index in [0.717, 1.165) is 12.8 Å². The fourth-order valence-electron chi connectivity index (χ4n) is 2.52. The van der Waals surface area contributed by atoms with E-state index in [1.165, 1.54) is 0 Å². The summed E-state index contributed by atoms with van der Waals surface area (Å²) in [6.45, 7) is 4.01. The minimum Gasteiger partial charge on any atom is -0.387 e. The van der Waals surface area contributed by atoms with E-state index in [4.69, 9.17) is 9.47 Å². The Morgan fingerprint density at radius 2 is 2.31 bits per heavy atom. The molecule has 0 aromatic rings. The maximum absolute atomic E-state index is 10.3. The van der Waals surface area contributed by atoms with Gasteiger partial charge in [0.2, 0.25) is 0 Å². The van der Waals surface area contributed by atoms with Gasteiger partial charge in [0.25, 0.3) is 0 Å². The third-order valence-corrected chi connectivity index (χ3v) is 3.83. The minimum absolute atomic E-state index is 0.158. The summed E-state index contributed by atoms with van der Waals surface area (Å²) in [7, 11) is 1.70. The molecule has 0 radical (unpaired) electrons. The number of methoxy groups -OCH3 is 1. The van der Waals surface area contributed by atoms with E-state index < -0.39 is 5.60 Å². The molecule has 0 bridgehead atoms. The molecule has 76 valence electrons. The minimum atomic E-state index is -0.684. The molecule has 1 N–H and O–H groups in total. The van der Waals surface area contributed by atoms with Crippen LogP contribution in [0.15, 0.2) is 0 Å². The number of aliphatic hydroxyl groups is 1. The highest BCUT2D eigenvalue weighted by Gasteiger charge is 2.68. The van der Waals surface area contributed by atoms with Crippen molar-refractivity contribution >= 4 is 0 Å². The molecular formula is C10H18O3. The SMILES string of the molecule is CC[C@]1(O)CC(OC)CC2O[C@]21C. The van der Waals surface area contributed by atoms with Crippen LogP contribution in [-0.2, 0) is 9.47 Å². The van der Waals surface area contributed by atoms with E-state index in [2.05, 4.69) is 0 Å². The maximum atomic E-state index is 10.3. The van der Waals surface area contributed by atoms with Crippen molar-refractivity contribution in [2.75, 3.05) is 7.11 Å². The number of hydrogen-bond acceptors (Lipinski definition) is 3. The van der Waals surface area contributed by atoms with E-state index in [9.17, 15) is 5.11 Å². The fraction of sp³-hybridized carbons (Fsp3) is 1.00. The van der Waals surface area contributed by atoms with Gasteiger partial charge in [-0.15, -0.1) is 0 Å². The first kappa shape index (κ1) is 9.44. The molecule has 0 aromatic carbocycles. The Hall–Kier alpha value is -0.120. The van der Waals surface area contributed by atoms with Crippen molar-refractivity contribution in [2.45, 2.75) is 56.5 Å². The van der Waals surface area contributed by atoms with Gasteiger partial charge < -0.3 is 14.6 Å². The van der Waals surface area contributed by atoms with E-state index >= 15 is 0 Å². The van der Waals surface area contributed by atoms with E-state index in [1.54, 1.807) is 7.11 Å². The number of hydrogen-bond donors (Lipinski definition) is 1. The van der Waals surface area contributed by atoms with Crippen LogP contribution >= 0.6 is 0 Å². The molecule has 4 atom stereocenters. The van der Waals surface area contributed by atoms with Crippen molar-refractivity contribution in [3.05, 3.63) is 0 Å². The molecule has 2 rings (SSSR count). The smallest absolute Gasteiger partial charge is 0.121 e. The Balaban J connectivity index is 2.16. The van der Waals surface area contributed by atoms with Crippen molar-refractivity contribution in [1.82, 2.24) is 0 Å². The molecule has 1 heterocycles. The summed E-state index contributed by atoms with van der Waals surface area (Å²) >= 11 is 0. The van der Waals surface area contributed by atoms with Gasteiger partial charge in [0.05, 0.1) is 17.8 Å².